The summed E-state index contributed by atoms with van der Waals surface area (Å²) in [6.07, 6.45) is -0.724. The van der Waals surface area contributed by atoms with Crippen molar-refractivity contribution in [2.45, 2.75) is 51.3 Å². The average molecular weight is 516 g/mol. The molecule has 2 rings (SSSR count). The van der Waals surface area contributed by atoms with Crippen molar-refractivity contribution in [2.75, 3.05) is 12.9 Å². The lowest BCUT2D eigenvalue weighted by molar-refractivity contribution is -0.153. The molecule has 0 bridgehead atoms. The zero-order valence-corrected chi connectivity index (χ0v) is 20.2. The Morgan fingerprint density at radius 3 is 2.26 bits per heavy atom. The molecule has 0 unspecified atom stereocenters. The molecular weight excluding hydrogens is 487 g/mol. The van der Waals surface area contributed by atoms with Crippen molar-refractivity contribution in [3.8, 4) is 11.1 Å². The molecule has 0 aliphatic heterocycles. The largest absolute Gasteiger partial charge is 0.455 e. The van der Waals surface area contributed by atoms with Crippen molar-refractivity contribution in [1.82, 2.24) is 15.0 Å². The molecule has 192 valence electrons. The van der Waals surface area contributed by atoms with Crippen LogP contribution in [0.3, 0.4) is 0 Å². The smallest absolute Gasteiger partial charge is 0.315 e. The lowest BCUT2D eigenvalue weighted by Gasteiger charge is -2.26. The molecule has 8 nitrogen and oxygen atoms in total. The van der Waals surface area contributed by atoms with Gasteiger partial charge in [0.15, 0.2) is 0 Å². The maximum absolute atomic E-state index is 13.7. The van der Waals surface area contributed by atoms with Crippen molar-refractivity contribution in [3.63, 3.8) is 0 Å². The number of ether oxygens (including phenoxy) is 1. The van der Waals surface area contributed by atoms with Gasteiger partial charge in [-0.25, -0.2) is 17.5 Å². The van der Waals surface area contributed by atoms with Crippen LogP contribution in [0.15, 0.2) is 42.6 Å². The number of rotatable bonds is 13. The summed E-state index contributed by atoms with van der Waals surface area (Å²) in [4.78, 5) is 27.9. The molecule has 0 saturated carbocycles. The topological polar surface area (TPSA) is 114 Å². The van der Waals surface area contributed by atoms with Crippen LogP contribution in [0.4, 0.5) is 13.2 Å². The van der Waals surface area contributed by atoms with E-state index in [9.17, 15) is 31.2 Å². The minimum Gasteiger partial charge on any atom is -0.455 e. The van der Waals surface area contributed by atoms with Crippen molar-refractivity contribution in [3.05, 3.63) is 53.9 Å². The Morgan fingerprint density at radius 2 is 1.74 bits per heavy atom. The third-order valence-electron chi connectivity index (χ3n) is 4.96. The summed E-state index contributed by atoms with van der Waals surface area (Å²) in [6, 6.07) is 8.29. The fraction of sp³-hybridized carbons (Fsp3) is 0.435. The zero-order valence-electron chi connectivity index (χ0n) is 19.3. The zero-order chi connectivity index (χ0) is 26.0. The standard InChI is InChI=1S/C23H28F3N3O5S/c1-3-4-5-20(30)34-21(19(12-24)29-23(31)22(25)26)16-8-6-15(7-9-16)17-10-11-18(27-13-17)14-28-35(2,32)33/h6-11,13,19,21-22,28H,3-5,12,14H2,1-2H3,(H,29,31)/t19-,21-/m1/s1. The fourth-order valence-electron chi connectivity index (χ4n) is 3.12. The number of alkyl halides is 3. The molecule has 2 N–H and O–H groups in total. The van der Waals surface area contributed by atoms with Gasteiger partial charge in [-0.1, -0.05) is 43.7 Å². The van der Waals surface area contributed by atoms with Gasteiger partial charge in [0.25, 0.3) is 5.91 Å². The molecule has 35 heavy (non-hydrogen) atoms. The third-order valence-corrected chi connectivity index (χ3v) is 5.63. The highest BCUT2D eigenvalue weighted by Crippen LogP contribution is 2.27. The van der Waals surface area contributed by atoms with E-state index in [1.807, 2.05) is 12.2 Å². The van der Waals surface area contributed by atoms with Crippen molar-refractivity contribution >= 4 is 21.9 Å². The molecule has 0 fully saturated rings. The number of hydrogen-bond acceptors (Lipinski definition) is 6. The number of carbonyl (C=O) groups excluding carboxylic acids is 2. The van der Waals surface area contributed by atoms with Crippen LogP contribution in [0.2, 0.25) is 0 Å². The van der Waals surface area contributed by atoms with Gasteiger partial charge in [0.2, 0.25) is 10.0 Å². The number of esters is 1. The molecule has 2 atom stereocenters. The van der Waals surface area contributed by atoms with Gasteiger partial charge in [-0.05, 0) is 23.6 Å². The molecule has 12 heteroatoms. The Bertz CT molecular complexity index is 1080. The third kappa shape index (κ3) is 9.29. The van der Waals surface area contributed by atoms with Crippen molar-refractivity contribution in [1.29, 1.82) is 0 Å². The summed E-state index contributed by atoms with van der Waals surface area (Å²) in [5, 5.41) is 1.90. The van der Waals surface area contributed by atoms with E-state index in [0.717, 1.165) is 12.7 Å². The maximum Gasteiger partial charge on any atom is 0.315 e. The lowest BCUT2D eigenvalue weighted by atomic mass is 9.99. The van der Waals surface area contributed by atoms with Gasteiger partial charge in [-0.3, -0.25) is 14.6 Å². The number of carbonyl (C=O) groups is 2. The van der Waals surface area contributed by atoms with E-state index < -0.39 is 47.1 Å². The van der Waals surface area contributed by atoms with Crippen LogP contribution >= 0.6 is 0 Å². The van der Waals surface area contributed by atoms with Crippen LogP contribution in [-0.4, -0.2) is 50.7 Å². The van der Waals surface area contributed by atoms with Crippen LogP contribution in [0, 0.1) is 0 Å². The van der Waals surface area contributed by atoms with E-state index in [2.05, 4.69) is 9.71 Å². The monoisotopic (exact) mass is 515 g/mol. The number of amides is 1. The Labute approximate surface area is 202 Å². The first-order chi connectivity index (χ1) is 16.5. The van der Waals surface area contributed by atoms with E-state index in [4.69, 9.17) is 4.74 Å². The number of aromatic nitrogens is 1. The highest BCUT2D eigenvalue weighted by molar-refractivity contribution is 7.88. The number of hydrogen-bond donors (Lipinski definition) is 2. The predicted molar refractivity (Wildman–Crippen MR) is 124 cm³/mol. The molecule has 1 aromatic carbocycles. The molecule has 0 aliphatic rings. The number of nitrogens with one attached hydrogen (secondary N) is 2. The van der Waals surface area contributed by atoms with Gasteiger partial charge < -0.3 is 10.1 Å². The number of pyridine rings is 1. The first-order valence-corrected chi connectivity index (χ1v) is 12.8. The molecule has 0 spiro atoms. The number of sulfonamides is 1. The summed E-state index contributed by atoms with van der Waals surface area (Å²) >= 11 is 0. The Balaban J connectivity index is 2.24. The van der Waals surface area contributed by atoms with Crippen molar-refractivity contribution < 1.29 is 35.9 Å². The van der Waals surface area contributed by atoms with E-state index >= 15 is 0 Å². The quantitative estimate of drug-likeness (QED) is 0.396. The molecule has 1 amide bonds. The molecule has 0 saturated heterocycles. The fourth-order valence-corrected chi connectivity index (χ4v) is 3.53. The second-order valence-corrected chi connectivity index (χ2v) is 9.67. The second kappa shape index (κ2) is 13.2. The molecule has 1 aromatic heterocycles. The first kappa shape index (κ1) is 28.2. The summed E-state index contributed by atoms with van der Waals surface area (Å²) in [5.74, 6) is -2.29. The first-order valence-electron chi connectivity index (χ1n) is 10.9. The average Bonchev–Trinajstić information content (AvgIpc) is 2.83. The van der Waals surface area contributed by atoms with Gasteiger partial charge in [0.1, 0.15) is 12.8 Å². The highest BCUT2D eigenvalue weighted by Gasteiger charge is 2.31. The predicted octanol–water partition coefficient (Wildman–Crippen LogP) is 3.29. The van der Waals surface area contributed by atoms with E-state index in [0.29, 0.717) is 28.8 Å². The van der Waals surface area contributed by atoms with Gasteiger partial charge in [-0.2, -0.15) is 8.78 Å². The van der Waals surface area contributed by atoms with Gasteiger partial charge in [-0.15, -0.1) is 0 Å². The van der Waals surface area contributed by atoms with Crippen LogP contribution in [0.1, 0.15) is 43.5 Å². The van der Waals surface area contributed by atoms with E-state index in [-0.39, 0.29) is 13.0 Å². The highest BCUT2D eigenvalue weighted by atomic mass is 32.2. The van der Waals surface area contributed by atoms with Gasteiger partial charge >= 0.3 is 12.4 Å². The number of benzene rings is 1. The van der Waals surface area contributed by atoms with Crippen LogP contribution in [0.5, 0.6) is 0 Å². The van der Waals surface area contributed by atoms with Crippen molar-refractivity contribution in [2.24, 2.45) is 0 Å². The summed E-state index contributed by atoms with van der Waals surface area (Å²) in [5.41, 5.74) is 2.23. The van der Waals surface area contributed by atoms with Crippen LogP contribution in [0.25, 0.3) is 11.1 Å². The molecule has 1 heterocycles. The minimum atomic E-state index is -3.35. The second-order valence-electron chi connectivity index (χ2n) is 7.84. The van der Waals surface area contributed by atoms with E-state index in [1.165, 1.54) is 0 Å². The number of unbranched alkanes of at least 4 members (excludes halogenated alkanes) is 1. The summed E-state index contributed by atoms with van der Waals surface area (Å²) in [7, 11) is -3.35. The van der Waals surface area contributed by atoms with Gasteiger partial charge in [0, 0.05) is 18.2 Å². The lowest BCUT2D eigenvalue weighted by Crippen LogP contribution is -2.44. The number of halogens is 3. The molecule has 0 aliphatic carbocycles. The molecule has 2 aromatic rings. The summed E-state index contributed by atoms with van der Waals surface area (Å²) in [6.45, 7) is 0.692. The maximum atomic E-state index is 13.7. The van der Waals surface area contributed by atoms with Gasteiger partial charge in [0.05, 0.1) is 24.5 Å². The molecule has 0 radical (unpaired) electrons. The van der Waals surface area contributed by atoms with Crippen LogP contribution < -0.4 is 10.0 Å². The Morgan fingerprint density at radius 1 is 1.09 bits per heavy atom. The van der Waals surface area contributed by atoms with Crippen LogP contribution in [-0.2, 0) is 30.9 Å². The van der Waals surface area contributed by atoms with E-state index in [1.54, 1.807) is 42.6 Å². The Kier molecular flexibility index (Phi) is 10.6. The SMILES string of the molecule is CCCCC(=O)O[C@H](c1ccc(-c2ccc(CNS(C)(=O)=O)nc2)cc1)[C@@H](CF)NC(=O)C(F)F. The normalized spacial score (nSPS) is 13.3. The summed E-state index contributed by atoms with van der Waals surface area (Å²) < 4.78 is 69.3. The molecular formula is C23H28F3N3O5S. The minimum absolute atomic E-state index is 0.0398. The Hall–Kier alpha value is -2.99. The number of nitrogens with zero attached hydrogens (tertiary/aromatic N) is 1.